The Hall–Kier alpha value is -0.900. The Balaban J connectivity index is 0.000000980. The number of nitrogens with one attached hydrogen (secondary N) is 1. The van der Waals surface area contributed by atoms with Gasteiger partial charge in [-0.2, -0.15) is 5.10 Å². The zero-order chi connectivity index (χ0) is 9.31. The molecule has 1 aromatic heterocycles. The van der Waals surface area contributed by atoms with Gasteiger partial charge in [0.15, 0.2) is 5.82 Å². The van der Waals surface area contributed by atoms with Gasteiger partial charge in [-0.1, -0.05) is 0 Å². The monoisotopic (exact) mass is 186 g/mol. The third-order valence-electron chi connectivity index (χ3n) is 2.56. The van der Waals surface area contributed by atoms with Crippen LogP contribution in [0.2, 0.25) is 0 Å². The highest BCUT2D eigenvalue weighted by Crippen LogP contribution is 2.48. The van der Waals surface area contributed by atoms with Crippen LogP contribution in [0.1, 0.15) is 26.9 Å². The predicted octanol–water partition coefficient (Wildman–Crippen LogP) is 1.86. The van der Waals surface area contributed by atoms with Gasteiger partial charge in [-0.3, -0.25) is 5.10 Å². The van der Waals surface area contributed by atoms with Crippen LogP contribution in [0.4, 0.5) is 4.39 Å². The summed E-state index contributed by atoms with van der Waals surface area (Å²) in [5.41, 5.74) is 0.511. The van der Waals surface area contributed by atoms with Crippen LogP contribution in [-0.4, -0.2) is 23.4 Å². The fourth-order valence-corrected chi connectivity index (χ4v) is 1.56. The lowest BCUT2D eigenvalue weighted by molar-refractivity contribution is 0.123. The van der Waals surface area contributed by atoms with Crippen LogP contribution in [0.15, 0.2) is 6.20 Å². The summed E-state index contributed by atoms with van der Waals surface area (Å²) >= 11 is 0. The van der Waals surface area contributed by atoms with Crippen LogP contribution in [0.25, 0.3) is 0 Å². The molecule has 0 spiro atoms. The van der Waals surface area contributed by atoms with Crippen molar-refractivity contribution in [3.8, 4) is 0 Å². The van der Waals surface area contributed by atoms with Crippen LogP contribution >= 0.6 is 0 Å². The average Bonchev–Trinajstić information content (AvgIpc) is 2.80. The SMILES string of the molecule is CCOCC1(c2[nH]ncc2F)CC1.[HH]. The lowest BCUT2D eigenvalue weighted by atomic mass is 10.0. The molecule has 1 fully saturated rings. The number of aromatic nitrogens is 2. The molecule has 0 aromatic carbocycles. The van der Waals surface area contributed by atoms with E-state index in [2.05, 4.69) is 10.2 Å². The van der Waals surface area contributed by atoms with Gasteiger partial charge in [0.05, 0.1) is 18.5 Å². The van der Waals surface area contributed by atoms with Crippen molar-refractivity contribution in [2.24, 2.45) is 0 Å². The van der Waals surface area contributed by atoms with Crippen LogP contribution in [-0.2, 0) is 10.2 Å². The third kappa shape index (κ3) is 1.46. The molecule has 0 radical (unpaired) electrons. The molecule has 0 saturated heterocycles. The Morgan fingerprint density at radius 2 is 2.54 bits per heavy atom. The fraction of sp³-hybridized carbons (Fsp3) is 0.667. The molecule has 1 saturated carbocycles. The summed E-state index contributed by atoms with van der Waals surface area (Å²) in [5.74, 6) is -0.239. The number of aromatic amines is 1. The molecule has 1 aromatic rings. The smallest absolute Gasteiger partial charge is 0.164 e. The topological polar surface area (TPSA) is 37.9 Å². The second-order valence-corrected chi connectivity index (χ2v) is 3.51. The Morgan fingerprint density at radius 3 is 3.00 bits per heavy atom. The van der Waals surface area contributed by atoms with E-state index in [1.54, 1.807) is 0 Å². The summed E-state index contributed by atoms with van der Waals surface area (Å²) in [6, 6.07) is 0. The molecule has 1 N–H and O–H groups in total. The minimum Gasteiger partial charge on any atom is -0.381 e. The molecule has 2 rings (SSSR count). The summed E-state index contributed by atoms with van der Waals surface area (Å²) in [5, 5.41) is 6.39. The summed E-state index contributed by atoms with van der Waals surface area (Å²) in [6.45, 7) is 3.22. The van der Waals surface area contributed by atoms with Crippen LogP contribution in [0.5, 0.6) is 0 Å². The van der Waals surface area contributed by atoms with Gasteiger partial charge >= 0.3 is 0 Å². The van der Waals surface area contributed by atoms with Crippen molar-refractivity contribution in [2.45, 2.75) is 25.2 Å². The molecule has 0 amide bonds. The number of hydrogen-bond donors (Lipinski definition) is 1. The lowest BCUT2D eigenvalue weighted by Gasteiger charge is -2.12. The van der Waals surface area contributed by atoms with Crippen LogP contribution < -0.4 is 0 Å². The summed E-state index contributed by atoms with van der Waals surface area (Å²) in [4.78, 5) is 0. The van der Waals surface area contributed by atoms with E-state index in [1.807, 2.05) is 6.92 Å². The highest BCUT2D eigenvalue weighted by atomic mass is 19.1. The van der Waals surface area contributed by atoms with Gasteiger partial charge < -0.3 is 4.74 Å². The van der Waals surface area contributed by atoms with Crippen LogP contribution in [0, 0.1) is 5.82 Å². The highest BCUT2D eigenvalue weighted by molar-refractivity contribution is 5.24. The van der Waals surface area contributed by atoms with Gasteiger partial charge in [0.1, 0.15) is 0 Å². The Kier molecular flexibility index (Phi) is 2.07. The maximum Gasteiger partial charge on any atom is 0.164 e. The predicted molar refractivity (Wildman–Crippen MR) is 48.1 cm³/mol. The number of rotatable bonds is 4. The van der Waals surface area contributed by atoms with Crippen LogP contribution in [0.3, 0.4) is 0 Å². The summed E-state index contributed by atoms with van der Waals surface area (Å²) < 4.78 is 18.5. The Morgan fingerprint density at radius 1 is 1.77 bits per heavy atom. The van der Waals surface area contributed by atoms with Gasteiger partial charge in [-0.05, 0) is 19.8 Å². The first-order valence-electron chi connectivity index (χ1n) is 4.55. The quantitative estimate of drug-likeness (QED) is 0.779. The van der Waals surface area contributed by atoms with Crippen molar-refractivity contribution in [2.75, 3.05) is 13.2 Å². The molecule has 1 heterocycles. The van der Waals surface area contributed by atoms with E-state index in [-0.39, 0.29) is 12.7 Å². The van der Waals surface area contributed by atoms with Gasteiger partial charge in [-0.15, -0.1) is 0 Å². The minimum absolute atomic E-state index is 0. The number of nitrogens with zero attached hydrogens (tertiary/aromatic N) is 1. The van der Waals surface area contributed by atoms with E-state index >= 15 is 0 Å². The number of ether oxygens (including phenoxy) is 1. The molecule has 0 atom stereocenters. The minimum atomic E-state index is -0.239. The maximum atomic E-state index is 13.2. The van der Waals surface area contributed by atoms with Gasteiger partial charge in [0.25, 0.3) is 0 Å². The normalized spacial score (nSPS) is 18.9. The van der Waals surface area contributed by atoms with Crippen molar-refractivity contribution in [1.29, 1.82) is 0 Å². The Bertz CT molecular complexity index is 299. The van der Waals surface area contributed by atoms with Crippen molar-refractivity contribution in [3.63, 3.8) is 0 Å². The van der Waals surface area contributed by atoms with Gasteiger partial charge in [0, 0.05) is 13.4 Å². The van der Waals surface area contributed by atoms with Crippen molar-refractivity contribution in [1.82, 2.24) is 10.2 Å². The first-order chi connectivity index (χ1) is 6.28. The molecule has 0 bridgehead atoms. The second-order valence-electron chi connectivity index (χ2n) is 3.51. The molecule has 0 unspecified atom stereocenters. The largest absolute Gasteiger partial charge is 0.381 e. The van der Waals surface area contributed by atoms with Crippen molar-refractivity contribution >= 4 is 0 Å². The van der Waals surface area contributed by atoms with E-state index < -0.39 is 0 Å². The fourth-order valence-electron chi connectivity index (χ4n) is 1.56. The Labute approximate surface area is 77.8 Å². The van der Waals surface area contributed by atoms with Gasteiger partial charge in [-0.25, -0.2) is 4.39 Å². The molecule has 1 aliphatic rings. The molecule has 13 heavy (non-hydrogen) atoms. The van der Waals surface area contributed by atoms with E-state index in [4.69, 9.17) is 4.74 Å². The highest BCUT2D eigenvalue weighted by Gasteiger charge is 2.47. The van der Waals surface area contributed by atoms with Gasteiger partial charge in [0.2, 0.25) is 0 Å². The first-order valence-corrected chi connectivity index (χ1v) is 4.55. The van der Waals surface area contributed by atoms with Crippen molar-refractivity contribution in [3.05, 3.63) is 17.7 Å². The van der Waals surface area contributed by atoms with E-state index in [9.17, 15) is 4.39 Å². The zero-order valence-electron chi connectivity index (χ0n) is 7.64. The van der Waals surface area contributed by atoms with E-state index in [1.165, 1.54) is 6.20 Å². The first kappa shape index (κ1) is 8.69. The summed E-state index contributed by atoms with van der Waals surface area (Å²) in [6.07, 6.45) is 3.21. The maximum absolute atomic E-state index is 13.2. The number of halogens is 1. The number of hydrogen-bond acceptors (Lipinski definition) is 2. The average molecular weight is 186 g/mol. The van der Waals surface area contributed by atoms with E-state index in [0.29, 0.717) is 18.9 Å². The second kappa shape index (κ2) is 3.10. The third-order valence-corrected chi connectivity index (χ3v) is 2.56. The molecular formula is C9H15FN2O. The van der Waals surface area contributed by atoms with Crippen molar-refractivity contribution < 1.29 is 10.6 Å². The molecule has 1 aliphatic carbocycles. The lowest BCUT2D eigenvalue weighted by Crippen LogP contribution is -2.17. The number of H-pyrrole nitrogens is 1. The molecule has 0 aliphatic heterocycles. The standard InChI is InChI=1S/C9H13FN2O.H2/c1-2-13-6-9(3-4-9)8-7(10)5-11-12-8;/h5H,2-4,6H2,1H3,(H,11,12);1H. The molecule has 74 valence electrons. The van der Waals surface area contributed by atoms with E-state index in [0.717, 1.165) is 12.8 Å². The molecule has 3 nitrogen and oxygen atoms in total. The zero-order valence-corrected chi connectivity index (χ0v) is 7.64. The molecule has 4 heteroatoms. The molecular weight excluding hydrogens is 171 g/mol. The summed E-state index contributed by atoms with van der Waals surface area (Å²) in [7, 11) is 0.